The quantitative estimate of drug-likeness (QED) is 0.468. The van der Waals surface area contributed by atoms with Gasteiger partial charge in [0.1, 0.15) is 5.75 Å². The molecule has 2 heterocycles. The molecule has 1 N–H and O–H groups in total. The summed E-state index contributed by atoms with van der Waals surface area (Å²) in [5, 5.41) is 24.1. The summed E-state index contributed by atoms with van der Waals surface area (Å²) in [7, 11) is 3.20. The first-order chi connectivity index (χ1) is 16.4. The number of carbonyl (C=O) groups excluding carboxylic acids is 1. The van der Waals surface area contributed by atoms with Gasteiger partial charge in [0.25, 0.3) is 0 Å². The van der Waals surface area contributed by atoms with Crippen molar-refractivity contribution < 1.29 is 19.4 Å². The molecule has 1 aliphatic rings. The van der Waals surface area contributed by atoms with E-state index in [0.717, 1.165) is 22.4 Å². The zero-order chi connectivity index (χ0) is 24.0. The van der Waals surface area contributed by atoms with E-state index in [1.807, 2.05) is 30.3 Å². The first-order valence-electron chi connectivity index (χ1n) is 11.2. The van der Waals surface area contributed by atoms with E-state index in [1.54, 1.807) is 30.9 Å². The summed E-state index contributed by atoms with van der Waals surface area (Å²) in [4.78, 5) is 13.0. The molecule has 2 aromatic carbocycles. The first-order valence-corrected chi connectivity index (χ1v) is 11.2. The van der Waals surface area contributed by atoms with Gasteiger partial charge in [0.15, 0.2) is 28.6 Å². The molecule has 1 atom stereocenters. The minimum absolute atomic E-state index is 0.0989. The summed E-state index contributed by atoms with van der Waals surface area (Å²) >= 11 is 0. The number of methoxy groups -OCH3 is 2. The molecule has 174 valence electrons. The number of aromatic hydroxyl groups is 1. The normalized spacial score (nSPS) is 15.6. The van der Waals surface area contributed by atoms with Crippen molar-refractivity contribution in [2.45, 2.75) is 38.5 Å². The van der Waals surface area contributed by atoms with Crippen molar-refractivity contribution in [3.63, 3.8) is 0 Å². The highest BCUT2D eigenvalue weighted by Crippen LogP contribution is 2.40. The van der Waals surface area contributed by atoms with Gasteiger partial charge in [-0.05, 0) is 41.7 Å². The number of aromatic nitrogens is 4. The molecule has 0 saturated heterocycles. The van der Waals surface area contributed by atoms with Gasteiger partial charge in [-0.15, -0.1) is 10.2 Å². The Morgan fingerprint density at radius 3 is 2.50 bits per heavy atom. The summed E-state index contributed by atoms with van der Waals surface area (Å²) in [6.07, 6.45) is 0.793. The summed E-state index contributed by atoms with van der Waals surface area (Å²) in [5.74, 6) is 1.27. The molecule has 0 aliphatic heterocycles. The number of hydrogen-bond acceptors (Lipinski definition) is 7. The highest BCUT2D eigenvalue weighted by atomic mass is 16.5. The van der Waals surface area contributed by atoms with E-state index in [-0.39, 0.29) is 29.8 Å². The SMILES string of the molecule is COc1ccc(-c2c(C(C)C)nn3c4c(nnc23)C(=O)CC(c2ccccc2O)C4)cc1OC. The maximum absolute atomic E-state index is 13.0. The van der Waals surface area contributed by atoms with Crippen LogP contribution in [0.2, 0.25) is 0 Å². The van der Waals surface area contributed by atoms with Crippen LogP contribution in [0.5, 0.6) is 17.2 Å². The molecule has 1 aliphatic carbocycles. The van der Waals surface area contributed by atoms with Crippen molar-refractivity contribution in [1.29, 1.82) is 0 Å². The van der Waals surface area contributed by atoms with E-state index in [9.17, 15) is 9.90 Å². The van der Waals surface area contributed by atoms with E-state index < -0.39 is 0 Å². The topological polar surface area (TPSA) is 98.8 Å². The predicted molar refractivity (Wildman–Crippen MR) is 127 cm³/mol. The Bertz CT molecular complexity index is 1410. The number of rotatable bonds is 5. The minimum Gasteiger partial charge on any atom is -0.508 e. The number of fused-ring (bicyclic) bond motifs is 3. The molecule has 4 aromatic rings. The fourth-order valence-electron chi connectivity index (χ4n) is 4.71. The average Bonchev–Trinajstić information content (AvgIpc) is 3.24. The third kappa shape index (κ3) is 3.46. The van der Waals surface area contributed by atoms with E-state index in [0.29, 0.717) is 35.0 Å². The van der Waals surface area contributed by atoms with Gasteiger partial charge in [-0.3, -0.25) is 4.79 Å². The zero-order valence-corrected chi connectivity index (χ0v) is 19.6. The molecule has 0 amide bonds. The van der Waals surface area contributed by atoms with Gasteiger partial charge >= 0.3 is 0 Å². The molecule has 34 heavy (non-hydrogen) atoms. The molecule has 0 bridgehead atoms. The Labute approximate surface area is 197 Å². The number of phenolic OH excluding ortho intramolecular Hbond substituents is 1. The van der Waals surface area contributed by atoms with Gasteiger partial charge in [0.2, 0.25) is 0 Å². The molecule has 8 heteroatoms. The Balaban J connectivity index is 1.71. The van der Waals surface area contributed by atoms with Gasteiger partial charge in [0.05, 0.1) is 31.2 Å². The van der Waals surface area contributed by atoms with E-state index in [4.69, 9.17) is 14.6 Å². The van der Waals surface area contributed by atoms with Crippen molar-refractivity contribution >= 4 is 11.4 Å². The van der Waals surface area contributed by atoms with Crippen LogP contribution in [0.3, 0.4) is 0 Å². The molecule has 0 fully saturated rings. The van der Waals surface area contributed by atoms with Crippen LogP contribution in [0.4, 0.5) is 0 Å². The highest BCUT2D eigenvalue weighted by Gasteiger charge is 2.33. The van der Waals surface area contributed by atoms with Gasteiger partial charge in [-0.1, -0.05) is 38.1 Å². The maximum atomic E-state index is 13.0. The number of ether oxygens (including phenoxy) is 2. The largest absolute Gasteiger partial charge is 0.508 e. The second-order valence-electron chi connectivity index (χ2n) is 8.80. The van der Waals surface area contributed by atoms with Crippen LogP contribution in [0.15, 0.2) is 42.5 Å². The fourth-order valence-corrected chi connectivity index (χ4v) is 4.71. The lowest BCUT2D eigenvalue weighted by Crippen LogP contribution is -2.24. The molecule has 0 saturated carbocycles. The molecule has 1 unspecified atom stereocenters. The molecule has 2 aromatic heterocycles. The third-order valence-corrected chi connectivity index (χ3v) is 6.39. The lowest BCUT2D eigenvalue weighted by atomic mass is 9.83. The Morgan fingerprint density at radius 2 is 1.79 bits per heavy atom. The van der Waals surface area contributed by atoms with E-state index in [2.05, 4.69) is 24.0 Å². The number of phenols is 1. The number of Topliss-reactive ketones (excluding diaryl/α,β-unsaturated/α-hetero) is 1. The number of carbonyl (C=O) groups is 1. The van der Waals surface area contributed by atoms with Gasteiger partial charge in [-0.2, -0.15) is 5.10 Å². The number of hydrogen-bond donors (Lipinski definition) is 1. The first kappa shape index (κ1) is 21.9. The molecule has 5 rings (SSSR count). The van der Waals surface area contributed by atoms with Crippen LogP contribution >= 0.6 is 0 Å². The Kier molecular flexibility index (Phi) is 5.43. The van der Waals surface area contributed by atoms with Crippen molar-refractivity contribution in [2.24, 2.45) is 0 Å². The zero-order valence-electron chi connectivity index (χ0n) is 19.6. The van der Waals surface area contributed by atoms with Crippen LogP contribution in [-0.2, 0) is 6.42 Å². The Hall–Kier alpha value is -3.94. The van der Waals surface area contributed by atoms with Crippen LogP contribution in [0.25, 0.3) is 16.8 Å². The number of benzene rings is 2. The number of nitrogens with zero attached hydrogens (tertiary/aromatic N) is 4. The van der Waals surface area contributed by atoms with Crippen LogP contribution < -0.4 is 9.47 Å². The monoisotopic (exact) mass is 458 g/mol. The third-order valence-electron chi connectivity index (χ3n) is 6.39. The van der Waals surface area contributed by atoms with E-state index >= 15 is 0 Å². The van der Waals surface area contributed by atoms with Crippen molar-refractivity contribution in [3.05, 3.63) is 65.1 Å². The standard InChI is InChI=1S/C26H26N4O4/c1-14(2)24-23(15-9-10-21(33-3)22(13-15)34-4)26-28-27-25-18(30(26)29-24)11-16(12-20(25)32)17-7-5-6-8-19(17)31/h5-10,13-14,16,31H,11-12H2,1-4H3. The molecule has 0 spiro atoms. The van der Waals surface area contributed by atoms with Gasteiger partial charge < -0.3 is 14.6 Å². The predicted octanol–water partition coefficient (Wildman–Crippen LogP) is 4.55. The molecular weight excluding hydrogens is 432 g/mol. The molecule has 0 radical (unpaired) electrons. The lowest BCUT2D eigenvalue weighted by Gasteiger charge is -2.23. The maximum Gasteiger partial charge on any atom is 0.185 e. The summed E-state index contributed by atoms with van der Waals surface area (Å²) in [6.45, 7) is 4.14. The minimum atomic E-state index is -0.162. The molecule has 8 nitrogen and oxygen atoms in total. The number of para-hydroxylation sites is 1. The van der Waals surface area contributed by atoms with Crippen LogP contribution in [0.1, 0.15) is 59.5 Å². The van der Waals surface area contributed by atoms with Gasteiger partial charge in [-0.25, -0.2) is 4.52 Å². The second kappa shape index (κ2) is 8.44. The smallest absolute Gasteiger partial charge is 0.185 e. The summed E-state index contributed by atoms with van der Waals surface area (Å²) < 4.78 is 12.7. The lowest BCUT2D eigenvalue weighted by molar-refractivity contribution is 0.0955. The summed E-state index contributed by atoms with van der Waals surface area (Å²) in [6, 6.07) is 12.9. The van der Waals surface area contributed by atoms with Crippen LogP contribution in [0, 0.1) is 0 Å². The Morgan fingerprint density at radius 1 is 1.03 bits per heavy atom. The second-order valence-corrected chi connectivity index (χ2v) is 8.80. The van der Waals surface area contributed by atoms with Crippen molar-refractivity contribution in [1.82, 2.24) is 19.8 Å². The van der Waals surface area contributed by atoms with Gasteiger partial charge in [0, 0.05) is 12.3 Å². The highest BCUT2D eigenvalue weighted by molar-refractivity contribution is 5.97. The van der Waals surface area contributed by atoms with Crippen molar-refractivity contribution in [2.75, 3.05) is 14.2 Å². The van der Waals surface area contributed by atoms with E-state index in [1.165, 1.54) is 0 Å². The average molecular weight is 459 g/mol. The fraction of sp³-hybridized carbons (Fsp3) is 0.308. The van der Waals surface area contributed by atoms with Crippen molar-refractivity contribution in [3.8, 4) is 28.4 Å². The number of ketones is 1. The van der Waals surface area contributed by atoms with Crippen LogP contribution in [-0.4, -0.2) is 44.9 Å². The summed E-state index contributed by atoms with van der Waals surface area (Å²) in [5.41, 5.74) is 4.97. The molecular formula is C26H26N4O4.